The first-order valence-corrected chi connectivity index (χ1v) is 6.13. The summed E-state index contributed by atoms with van der Waals surface area (Å²) in [6.45, 7) is 4.55. The first-order valence-electron chi connectivity index (χ1n) is 6.13. The van der Waals surface area contributed by atoms with E-state index in [2.05, 4.69) is 19.9 Å². The summed E-state index contributed by atoms with van der Waals surface area (Å²) < 4.78 is 7.42. The number of hydrogen-bond acceptors (Lipinski definition) is 5. The SMILES string of the molecule is CCOC(C)n1cnc2c(/N=C/N(C)C)ncnc21. The molecule has 0 aromatic carbocycles. The second kappa shape index (κ2) is 5.75. The van der Waals surface area contributed by atoms with E-state index >= 15 is 0 Å². The summed E-state index contributed by atoms with van der Waals surface area (Å²) >= 11 is 0. The molecule has 0 radical (unpaired) electrons. The van der Waals surface area contributed by atoms with E-state index in [1.807, 2.05) is 37.4 Å². The van der Waals surface area contributed by atoms with Gasteiger partial charge in [0.1, 0.15) is 12.6 Å². The molecule has 0 spiro atoms. The van der Waals surface area contributed by atoms with Crippen LogP contribution < -0.4 is 0 Å². The minimum absolute atomic E-state index is 0.115. The van der Waals surface area contributed by atoms with Crippen molar-refractivity contribution in [3.63, 3.8) is 0 Å². The van der Waals surface area contributed by atoms with Gasteiger partial charge >= 0.3 is 0 Å². The molecule has 7 nitrogen and oxygen atoms in total. The van der Waals surface area contributed by atoms with Crippen LogP contribution in [0.5, 0.6) is 0 Å². The topological polar surface area (TPSA) is 68.4 Å². The zero-order chi connectivity index (χ0) is 13.8. The lowest BCUT2D eigenvalue weighted by Crippen LogP contribution is -2.09. The first-order chi connectivity index (χ1) is 9.13. The summed E-state index contributed by atoms with van der Waals surface area (Å²) in [5.41, 5.74) is 1.40. The van der Waals surface area contributed by atoms with Gasteiger partial charge in [-0.3, -0.25) is 4.57 Å². The summed E-state index contributed by atoms with van der Waals surface area (Å²) in [6, 6.07) is 0. The summed E-state index contributed by atoms with van der Waals surface area (Å²) in [5.74, 6) is 0.557. The Kier molecular flexibility index (Phi) is 4.06. The van der Waals surface area contributed by atoms with E-state index in [9.17, 15) is 0 Å². The van der Waals surface area contributed by atoms with Gasteiger partial charge in [-0.1, -0.05) is 0 Å². The average Bonchev–Trinajstić information content (AvgIpc) is 2.80. The fourth-order valence-corrected chi connectivity index (χ4v) is 1.69. The zero-order valence-corrected chi connectivity index (χ0v) is 11.6. The van der Waals surface area contributed by atoms with Crippen molar-refractivity contribution in [3.8, 4) is 0 Å². The number of aliphatic imine (C=N–C) groups is 1. The Hall–Kier alpha value is -2.02. The standard InChI is InChI=1S/C12H18N6O/c1-5-19-9(2)18-8-15-10-11(16-7-17(3)4)13-6-14-12(10)18/h6-9H,5H2,1-4H3/b16-7+. The third kappa shape index (κ3) is 2.87. The van der Waals surface area contributed by atoms with Crippen LogP contribution in [0.2, 0.25) is 0 Å². The van der Waals surface area contributed by atoms with Crippen molar-refractivity contribution in [3.05, 3.63) is 12.7 Å². The second-order valence-corrected chi connectivity index (χ2v) is 4.28. The first kappa shape index (κ1) is 13.4. The normalized spacial score (nSPS) is 13.3. The van der Waals surface area contributed by atoms with E-state index in [0.717, 1.165) is 5.65 Å². The van der Waals surface area contributed by atoms with E-state index in [1.165, 1.54) is 6.33 Å². The van der Waals surface area contributed by atoms with Crippen LogP contribution in [0, 0.1) is 0 Å². The number of hydrogen-bond donors (Lipinski definition) is 0. The molecule has 0 N–H and O–H groups in total. The lowest BCUT2D eigenvalue weighted by molar-refractivity contribution is 0.0272. The number of rotatable bonds is 5. The smallest absolute Gasteiger partial charge is 0.184 e. The van der Waals surface area contributed by atoms with E-state index < -0.39 is 0 Å². The van der Waals surface area contributed by atoms with E-state index in [4.69, 9.17) is 4.74 Å². The Bertz CT molecular complexity index is 577. The Balaban J connectivity index is 2.42. The molecule has 0 aliphatic heterocycles. The van der Waals surface area contributed by atoms with Gasteiger partial charge in [0, 0.05) is 20.7 Å². The van der Waals surface area contributed by atoms with Crippen LogP contribution in [0.15, 0.2) is 17.6 Å². The molecule has 19 heavy (non-hydrogen) atoms. The molecule has 2 heterocycles. The molecule has 0 fully saturated rings. The number of nitrogens with zero attached hydrogens (tertiary/aromatic N) is 6. The fraction of sp³-hybridized carbons (Fsp3) is 0.500. The number of imidazole rings is 1. The van der Waals surface area contributed by atoms with Crippen molar-refractivity contribution in [1.82, 2.24) is 24.4 Å². The van der Waals surface area contributed by atoms with Crippen molar-refractivity contribution in [1.29, 1.82) is 0 Å². The Labute approximate surface area is 112 Å². The van der Waals surface area contributed by atoms with Gasteiger partial charge in [-0.25, -0.2) is 19.9 Å². The van der Waals surface area contributed by atoms with Crippen LogP contribution >= 0.6 is 0 Å². The van der Waals surface area contributed by atoms with Crippen LogP contribution in [-0.2, 0) is 4.74 Å². The largest absolute Gasteiger partial charge is 0.369 e. The molecule has 0 bridgehead atoms. The van der Waals surface area contributed by atoms with Gasteiger partial charge in [0.15, 0.2) is 17.0 Å². The molecule has 0 amide bonds. The Morgan fingerprint density at radius 3 is 2.89 bits per heavy atom. The van der Waals surface area contributed by atoms with Crippen LogP contribution in [0.4, 0.5) is 5.82 Å². The summed E-state index contributed by atoms with van der Waals surface area (Å²) in [5, 5.41) is 0. The minimum atomic E-state index is -0.115. The Morgan fingerprint density at radius 1 is 1.42 bits per heavy atom. The quantitative estimate of drug-likeness (QED) is 0.604. The minimum Gasteiger partial charge on any atom is -0.369 e. The van der Waals surface area contributed by atoms with Crippen molar-refractivity contribution >= 4 is 23.3 Å². The van der Waals surface area contributed by atoms with Gasteiger partial charge in [0.2, 0.25) is 0 Å². The molecule has 1 atom stereocenters. The Morgan fingerprint density at radius 2 is 2.21 bits per heavy atom. The molecular formula is C12H18N6O. The second-order valence-electron chi connectivity index (χ2n) is 4.28. The maximum absolute atomic E-state index is 5.55. The summed E-state index contributed by atoms with van der Waals surface area (Å²) in [6.07, 6.45) is 4.76. The number of aromatic nitrogens is 4. The van der Waals surface area contributed by atoms with Crippen molar-refractivity contribution in [2.45, 2.75) is 20.1 Å². The average molecular weight is 262 g/mol. The molecular weight excluding hydrogens is 244 g/mol. The molecule has 0 aliphatic carbocycles. The molecule has 1 unspecified atom stereocenters. The van der Waals surface area contributed by atoms with Crippen molar-refractivity contribution in [2.75, 3.05) is 20.7 Å². The van der Waals surface area contributed by atoms with Crippen LogP contribution in [0.1, 0.15) is 20.1 Å². The predicted molar refractivity (Wildman–Crippen MR) is 73.5 cm³/mol. The number of fused-ring (bicyclic) bond motifs is 1. The van der Waals surface area contributed by atoms with Gasteiger partial charge < -0.3 is 9.64 Å². The van der Waals surface area contributed by atoms with Crippen molar-refractivity contribution < 1.29 is 4.74 Å². The third-order valence-electron chi connectivity index (χ3n) is 2.55. The fourth-order valence-electron chi connectivity index (χ4n) is 1.69. The lowest BCUT2D eigenvalue weighted by Gasteiger charge is -2.13. The number of ether oxygens (including phenoxy) is 1. The van der Waals surface area contributed by atoms with Crippen LogP contribution in [-0.4, -0.2) is 51.5 Å². The summed E-state index contributed by atoms with van der Waals surface area (Å²) in [4.78, 5) is 18.9. The highest BCUT2D eigenvalue weighted by molar-refractivity contribution is 5.82. The molecule has 0 saturated heterocycles. The highest BCUT2D eigenvalue weighted by atomic mass is 16.5. The molecule has 102 valence electrons. The lowest BCUT2D eigenvalue weighted by atomic mass is 10.5. The maximum atomic E-state index is 5.55. The highest BCUT2D eigenvalue weighted by Crippen LogP contribution is 2.22. The molecule has 2 rings (SSSR count). The van der Waals surface area contributed by atoms with E-state index in [1.54, 1.807) is 12.7 Å². The maximum Gasteiger partial charge on any atom is 0.184 e. The van der Waals surface area contributed by atoms with Gasteiger partial charge in [-0.2, -0.15) is 0 Å². The van der Waals surface area contributed by atoms with Crippen LogP contribution in [0.3, 0.4) is 0 Å². The summed E-state index contributed by atoms with van der Waals surface area (Å²) in [7, 11) is 3.80. The van der Waals surface area contributed by atoms with Crippen molar-refractivity contribution in [2.24, 2.45) is 4.99 Å². The highest BCUT2D eigenvalue weighted by Gasteiger charge is 2.13. The van der Waals surface area contributed by atoms with Gasteiger partial charge in [-0.15, -0.1) is 0 Å². The van der Waals surface area contributed by atoms with Crippen LogP contribution in [0.25, 0.3) is 11.2 Å². The predicted octanol–water partition coefficient (Wildman–Crippen LogP) is 1.60. The van der Waals surface area contributed by atoms with Gasteiger partial charge in [-0.05, 0) is 13.8 Å². The van der Waals surface area contributed by atoms with E-state index in [-0.39, 0.29) is 6.23 Å². The zero-order valence-electron chi connectivity index (χ0n) is 11.6. The van der Waals surface area contributed by atoms with Gasteiger partial charge in [0.25, 0.3) is 0 Å². The molecule has 7 heteroatoms. The molecule has 2 aromatic rings. The molecule has 2 aromatic heterocycles. The molecule has 0 aliphatic rings. The van der Waals surface area contributed by atoms with E-state index in [0.29, 0.717) is 17.9 Å². The van der Waals surface area contributed by atoms with Gasteiger partial charge in [0.05, 0.1) is 12.7 Å². The molecule has 0 saturated carbocycles. The monoisotopic (exact) mass is 262 g/mol. The third-order valence-corrected chi connectivity index (χ3v) is 2.55.